The van der Waals surface area contributed by atoms with Gasteiger partial charge in [0, 0.05) is 12.3 Å². The van der Waals surface area contributed by atoms with Crippen LogP contribution in [0.5, 0.6) is 0 Å². The van der Waals surface area contributed by atoms with Gasteiger partial charge in [0.25, 0.3) is 0 Å². The van der Waals surface area contributed by atoms with E-state index in [2.05, 4.69) is 20.4 Å². The summed E-state index contributed by atoms with van der Waals surface area (Å²) in [5, 5.41) is 0. The maximum atomic E-state index is 10.9. The highest BCUT2D eigenvalue weighted by atomic mass is 16.1. The summed E-state index contributed by atoms with van der Waals surface area (Å²) in [6, 6.07) is 0. The number of carbonyl (C=O) groups is 1. The SMILES string of the molecule is C=C(C)[C@@H]1CCC(CCC(C)=O)=C1C. The molecule has 0 radical (unpaired) electrons. The lowest BCUT2D eigenvalue weighted by Crippen LogP contribution is -1.97. The van der Waals surface area contributed by atoms with Gasteiger partial charge in [-0.15, -0.1) is 0 Å². The first kappa shape index (κ1) is 11.2. The minimum Gasteiger partial charge on any atom is -0.300 e. The molecule has 0 aromatic heterocycles. The summed E-state index contributed by atoms with van der Waals surface area (Å²) in [5.41, 5.74) is 4.23. The van der Waals surface area contributed by atoms with Crippen LogP contribution in [-0.4, -0.2) is 5.78 Å². The average molecular weight is 192 g/mol. The summed E-state index contributed by atoms with van der Waals surface area (Å²) >= 11 is 0. The highest BCUT2D eigenvalue weighted by molar-refractivity contribution is 5.75. The Labute approximate surface area is 86.9 Å². The molecule has 1 atom stereocenters. The Morgan fingerprint density at radius 3 is 2.57 bits per heavy atom. The van der Waals surface area contributed by atoms with Crippen molar-refractivity contribution in [2.45, 2.75) is 46.5 Å². The van der Waals surface area contributed by atoms with E-state index in [0.717, 1.165) is 12.8 Å². The second kappa shape index (κ2) is 4.59. The molecule has 0 spiro atoms. The summed E-state index contributed by atoms with van der Waals surface area (Å²) in [7, 11) is 0. The van der Waals surface area contributed by atoms with Crippen molar-refractivity contribution in [2.75, 3.05) is 0 Å². The molecular formula is C13H20O. The summed E-state index contributed by atoms with van der Waals surface area (Å²) < 4.78 is 0. The lowest BCUT2D eigenvalue weighted by atomic mass is 9.95. The number of Topliss-reactive ketones (excluding diaryl/α,β-unsaturated/α-hetero) is 1. The molecule has 0 aromatic rings. The smallest absolute Gasteiger partial charge is 0.130 e. The quantitative estimate of drug-likeness (QED) is 0.621. The number of rotatable bonds is 4. The van der Waals surface area contributed by atoms with Crippen molar-refractivity contribution in [1.82, 2.24) is 0 Å². The van der Waals surface area contributed by atoms with Crippen molar-refractivity contribution in [3.8, 4) is 0 Å². The van der Waals surface area contributed by atoms with Crippen molar-refractivity contribution < 1.29 is 4.79 Å². The molecule has 0 saturated heterocycles. The topological polar surface area (TPSA) is 17.1 Å². The van der Waals surface area contributed by atoms with Crippen molar-refractivity contribution in [3.05, 3.63) is 23.3 Å². The third-order valence-corrected chi connectivity index (χ3v) is 3.19. The maximum Gasteiger partial charge on any atom is 0.130 e. The van der Waals surface area contributed by atoms with E-state index in [9.17, 15) is 4.79 Å². The molecule has 0 heterocycles. The molecule has 1 aliphatic rings. The molecule has 14 heavy (non-hydrogen) atoms. The Morgan fingerprint density at radius 1 is 1.50 bits per heavy atom. The summed E-state index contributed by atoms with van der Waals surface area (Å²) in [4.78, 5) is 10.9. The van der Waals surface area contributed by atoms with Gasteiger partial charge < -0.3 is 4.79 Å². The first-order chi connectivity index (χ1) is 6.52. The molecule has 78 valence electrons. The highest BCUT2D eigenvalue weighted by Gasteiger charge is 2.22. The van der Waals surface area contributed by atoms with E-state index in [0.29, 0.717) is 18.1 Å². The van der Waals surface area contributed by atoms with E-state index in [-0.39, 0.29) is 0 Å². The number of carbonyl (C=O) groups excluding carboxylic acids is 1. The normalized spacial score (nSPS) is 21.5. The fraction of sp³-hybridized carbons (Fsp3) is 0.615. The van der Waals surface area contributed by atoms with E-state index in [1.807, 2.05) is 0 Å². The molecule has 0 saturated carbocycles. The fourth-order valence-corrected chi connectivity index (χ4v) is 2.24. The van der Waals surface area contributed by atoms with Gasteiger partial charge in [-0.1, -0.05) is 23.3 Å². The highest BCUT2D eigenvalue weighted by Crippen LogP contribution is 2.37. The summed E-state index contributed by atoms with van der Waals surface area (Å²) in [6.07, 6.45) is 4.03. The van der Waals surface area contributed by atoms with Gasteiger partial charge in [-0.25, -0.2) is 0 Å². The van der Waals surface area contributed by atoms with Crippen LogP contribution in [0.4, 0.5) is 0 Å². The molecule has 0 bridgehead atoms. The zero-order valence-electron chi connectivity index (χ0n) is 9.52. The molecule has 0 amide bonds. The molecule has 1 heteroatoms. The zero-order valence-corrected chi connectivity index (χ0v) is 9.52. The van der Waals surface area contributed by atoms with E-state index in [1.165, 1.54) is 23.1 Å². The van der Waals surface area contributed by atoms with Crippen molar-refractivity contribution in [1.29, 1.82) is 0 Å². The number of allylic oxidation sites excluding steroid dienone is 3. The van der Waals surface area contributed by atoms with Crippen LogP contribution >= 0.6 is 0 Å². The van der Waals surface area contributed by atoms with Gasteiger partial charge in [0.2, 0.25) is 0 Å². The van der Waals surface area contributed by atoms with Crippen LogP contribution in [0.15, 0.2) is 23.3 Å². The predicted octanol–water partition coefficient (Wildman–Crippen LogP) is 3.66. The molecule has 0 aliphatic heterocycles. The molecule has 0 unspecified atom stereocenters. The lowest BCUT2D eigenvalue weighted by Gasteiger charge is -2.10. The number of hydrogen-bond acceptors (Lipinski definition) is 1. The second-order valence-corrected chi connectivity index (χ2v) is 4.43. The monoisotopic (exact) mass is 192 g/mol. The Morgan fingerprint density at radius 2 is 2.14 bits per heavy atom. The van der Waals surface area contributed by atoms with Gasteiger partial charge in [-0.05, 0) is 40.0 Å². The Balaban J connectivity index is 2.61. The van der Waals surface area contributed by atoms with Crippen molar-refractivity contribution >= 4 is 5.78 Å². The van der Waals surface area contributed by atoms with E-state index in [1.54, 1.807) is 6.92 Å². The van der Waals surface area contributed by atoms with Gasteiger partial charge in [0.15, 0.2) is 0 Å². The van der Waals surface area contributed by atoms with Crippen LogP contribution in [0.25, 0.3) is 0 Å². The third-order valence-electron chi connectivity index (χ3n) is 3.19. The van der Waals surface area contributed by atoms with E-state index < -0.39 is 0 Å². The van der Waals surface area contributed by atoms with Crippen LogP contribution in [-0.2, 0) is 4.79 Å². The molecule has 1 nitrogen and oxygen atoms in total. The van der Waals surface area contributed by atoms with Crippen LogP contribution in [0.3, 0.4) is 0 Å². The third kappa shape index (κ3) is 2.57. The summed E-state index contributed by atoms with van der Waals surface area (Å²) in [5.74, 6) is 0.876. The van der Waals surface area contributed by atoms with Gasteiger partial charge in [-0.2, -0.15) is 0 Å². The van der Waals surface area contributed by atoms with E-state index >= 15 is 0 Å². The van der Waals surface area contributed by atoms with Crippen LogP contribution < -0.4 is 0 Å². The largest absolute Gasteiger partial charge is 0.300 e. The van der Waals surface area contributed by atoms with Gasteiger partial charge in [0.05, 0.1) is 0 Å². The Kier molecular flexibility index (Phi) is 3.68. The van der Waals surface area contributed by atoms with Gasteiger partial charge >= 0.3 is 0 Å². The number of hydrogen-bond donors (Lipinski definition) is 0. The van der Waals surface area contributed by atoms with Crippen molar-refractivity contribution in [2.24, 2.45) is 5.92 Å². The van der Waals surface area contributed by atoms with Gasteiger partial charge in [0.1, 0.15) is 5.78 Å². The second-order valence-electron chi connectivity index (χ2n) is 4.43. The lowest BCUT2D eigenvalue weighted by molar-refractivity contribution is -0.116. The molecule has 1 rings (SSSR count). The van der Waals surface area contributed by atoms with Crippen LogP contribution in [0.1, 0.15) is 46.5 Å². The molecule has 0 aromatic carbocycles. The fourth-order valence-electron chi connectivity index (χ4n) is 2.24. The van der Waals surface area contributed by atoms with E-state index in [4.69, 9.17) is 0 Å². The minimum atomic E-state index is 0.295. The van der Waals surface area contributed by atoms with Crippen molar-refractivity contribution in [3.63, 3.8) is 0 Å². The van der Waals surface area contributed by atoms with Crippen LogP contribution in [0, 0.1) is 5.92 Å². The predicted molar refractivity (Wildman–Crippen MR) is 60.2 cm³/mol. The molecular weight excluding hydrogens is 172 g/mol. The Hall–Kier alpha value is -0.850. The maximum absolute atomic E-state index is 10.9. The first-order valence-corrected chi connectivity index (χ1v) is 5.35. The zero-order chi connectivity index (χ0) is 10.7. The average Bonchev–Trinajstić information content (AvgIpc) is 2.43. The number of ketones is 1. The molecule has 0 N–H and O–H groups in total. The van der Waals surface area contributed by atoms with Gasteiger partial charge in [-0.3, -0.25) is 0 Å². The molecule has 1 aliphatic carbocycles. The first-order valence-electron chi connectivity index (χ1n) is 5.35. The standard InChI is InChI=1S/C13H20O/c1-9(2)13-8-7-12(11(13)4)6-5-10(3)14/h13H,1,5-8H2,2-4H3/t13-/m0/s1. The minimum absolute atomic E-state index is 0.295. The van der Waals surface area contributed by atoms with Crippen LogP contribution in [0.2, 0.25) is 0 Å². The Bertz CT molecular complexity index is 284. The molecule has 0 fully saturated rings. The summed E-state index contributed by atoms with van der Waals surface area (Å²) in [6.45, 7) is 9.98.